The first-order valence-electron chi connectivity index (χ1n) is 7.15. The summed E-state index contributed by atoms with van der Waals surface area (Å²) in [7, 11) is 1.56. The number of hydrogen-bond acceptors (Lipinski definition) is 3. The summed E-state index contributed by atoms with van der Waals surface area (Å²) >= 11 is 0. The van der Waals surface area contributed by atoms with Crippen LogP contribution in [-0.4, -0.2) is 31.5 Å². The third-order valence-corrected chi connectivity index (χ3v) is 3.98. The number of nitrogens with one attached hydrogen (secondary N) is 1. The molecule has 0 aromatic heterocycles. The number of ether oxygens (including phenoxy) is 1. The van der Waals surface area contributed by atoms with Gasteiger partial charge in [-0.15, -0.1) is 0 Å². The first-order chi connectivity index (χ1) is 8.77. The summed E-state index contributed by atoms with van der Waals surface area (Å²) in [5, 5.41) is 12.6. The summed E-state index contributed by atoms with van der Waals surface area (Å²) in [6.45, 7) is 0.682. The van der Waals surface area contributed by atoms with Crippen LogP contribution >= 0.6 is 0 Å². The van der Waals surface area contributed by atoms with Crippen molar-refractivity contribution in [2.24, 2.45) is 11.8 Å². The molecule has 1 fully saturated rings. The van der Waals surface area contributed by atoms with E-state index in [2.05, 4.69) is 5.32 Å². The van der Waals surface area contributed by atoms with Gasteiger partial charge in [0.2, 0.25) is 6.41 Å². The number of rotatable bonds is 9. The molecule has 1 aliphatic carbocycles. The quantitative estimate of drug-likeness (QED) is 0.378. The molecule has 0 spiro atoms. The molecule has 0 bridgehead atoms. The van der Waals surface area contributed by atoms with Crippen LogP contribution < -0.4 is 5.32 Å². The summed E-state index contributed by atoms with van der Waals surface area (Å²) in [5.41, 5.74) is 0. The topological polar surface area (TPSA) is 58.6 Å². The van der Waals surface area contributed by atoms with Gasteiger partial charge in [-0.05, 0) is 25.2 Å². The molecule has 1 rings (SSSR count). The highest BCUT2D eigenvalue weighted by Gasteiger charge is 2.24. The fourth-order valence-electron chi connectivity index (χ4n) is 2.95. The van der Waals surface area contributed by atoms with Crippen LogP contribution in [0.2, 0.25) is 0 Å². The van der Waals surface area contributed by atoms with Gasteiger partial charge in [-0.25, -0.2) is 0 Å². The van der Waals surface area contributed by atoms with Gasteiger partial charge in [0, 0.05) is 19.6 Å². The molecule has 1 saturated carbocycles. The maximum atomic E-state index is 10.2. The largest absolute Gasteiger partial charge is 0.368 e. The summed E-state index contributed by atoms with van der Waals surface area (Å²) in [4.78, 5) is 10.2. The van der Waals surface area contributed by atoms with Crippen molar-refractivity contribution in [3.05, 3.63) is 0 Å². The predicted octanol–water partition coefficient (Wildman–Crippen LogP) is 2.06. The molecule has 2 N–H and O–H groups in total. The molecule has 0 radical (unpaired) electrons. The maximum absolute atomic E-state index is 10.2. The Hall–Kier alpha value is -0.610. The maximum Gasteiger partial charge on any atom is 0.207 e. The number of aliphatic hydroxyl groups excluding tert-OH is 1. The number of aliphatic hydroxyl groups is 1. The summed E-state index contributed by atoms with van der Waals surface area (Å²) in [6.07, 6.45) is 9.52. The Morgan fingerprint density at radius 1 is 1.39 bits per heavy atom. The van der Waals surface area contributed by atoms with E-state index < -0.39 is 6.29 Å². The fraction of sp³-hybridized carbons (Fsp3) is 0.929. The summed E-state index contributed by atoms with van der Waals surface area (Å²) in [6, 6.07) is 0. The minimum absolute atomic E-state index is 0.201. The van der Waals surface area contributed by atoms with Crippen molar-refractivity contribution in [1.29, 1.82) is 0 Å². The Balaban J connectivity index is 2.31. The number of carbonyl (C=O) groups excluding carboxylic acids is 1. The highest BCUT2D eigenvalue weighted by atomic mass is 16.6. The molecule has 4 nitrogen and oxygen atoms in total. The van der Waals surface area contributed by atoms with Crippen molar-refractivity contribution in [2.75, 3.05) is 13.7 Å². The standard InChI is InChI=1S/C14H27NO3/c1-18-14(17)13(8-5-9-15-11-16)10-12-6-3-2-4-7-12/h11-14,17H,2-10H2,1H3,(H,15,16). The zero-order valence-corrected chi connectivity index (χ0v) is 11.4. The highest BCUT2D eigenvalue weighted by Crippen LogP contribution is 2.31. The SMILES string of the molecule is COC(O)C(CCCNC=O)CC1CCCCC1. The molecule has 0 saturated heterocycles. The van der Waals surface area contributed by atoms with E-state index >= 15 is 0 Å². The van der Waals surface area contributed by atoms with Crippen LogP contribution in [0.3, 0.4) is 0 Å². The normalized spacial score (nSPS) is 20.3. The van der Waals surface area contributed by atoms with Crippen molar-refractivity contribution >= 4 is 6.41 Å². The minimum Gasteiger partial charge on any atom is -0.368 e. The van der Waals surface area contributed by atoms with E-state index in [1.165, 1.54) is 32.1 Å². The number of carbonyl (C=O) groups is 1. The van der Waals surface area contributed by atoms with Crippen LogP contribution in [0.5, 0.6) is 0 Å². The highest BCUT2D eigenvalue weighted by molar-refractivity contribution is 5.45. The zero-order chi connectivity index (χ0) is 13.2. The van der Waals surface area contributed by atoms with Gasteiger partial charge in [-0.1, -0.05) is 32.1 Å². The molecule has 2 unspecified atom stereocenters. The Morgan fingerprint density at radius 3 is 2.72 bits per heavy atom. The van der Waals surface area contributed by atoms with Gasteiger partial charge in [-0.3, -0.25) is 4.79 Å². The van der Waals surface area contributed by atoms with E-state index in [1.807, 2.05) is 0 Å². The van der Waals surface area contributed by atoms with Crippen molar-refractivity contribution in [2.45, 2.75) is 57.7 Å². The van der Waals surface area contributed by atoms with Gasteiger partial charge >= 0.3 is 0 Å². The second-order valence-electron chi connectivity index (χ2n) is 5.34. The van der Waals surface area contributed by atoms with Gasteiger partial charge in [0.05, 0.1) is 0 Å². The van der Waals surface area contributed by atoms with Crippen LogP contribution in [-0.2, 0) is 9.53 Å². The van der Waals surface area contributed by atoms with E-state index in [0.29, 0.717) is 6.54 Å². The fourth-order valence-corrected chi connectivity index (χ4v) is 2.95. The van der Waals surface area contributed by atoms with E-state index in [9.17, 15) is 9.90 Å². The van der Waals surface area contributed by atoms with Gasteiger partial charge in [0.1, 0.15) is 0 Å². The lowest BCUT2D eigenvalue weighted by Crippen LogP contribution is -2.26. The third-order valence-electron chi connectivity index (χ3n) is 3.98. The second kappa shape index (κ2) is 9.34. The van der Waals surface area contributed by atoms with E-state index in [1.54, 1.807) is 7.11 Å². The number of methoxy groups -OCH3 is 1. The Labute approximate surface area is 110 Å². The number of hydrogen-bond donors (Lipinski definition) is 2. The molecule has 4 heteroatoms. The lowest BCUT2D eigenvalue weighted by Gasteiger charge is -2.28. The minimum atomic E-state index is -0.664. The lowest BCUT2D eigenvalue weighted by atomic mass is 9.81. The molecule has 1 aliphatic rings. The van der Waals surface area contributed by atoms with E-state index in [4.69, 9.17) is 4.74 Å². The van der Waals surface area contributed by atoms with Gasteiger partial charge < -0.3 is 15.2 Å². The predicted molar refractivity (Wildman–Crippen MR) is 71.0 cm³/mol. The van der Waals surface area contributed by atoms with Gasteiger partial charge in [-0.2, -0.15) is 0 Å². The molecule has 0 aromatic carbocycles. The smallest absolute Gasteiger partial charge is 0.207 e. The van der Waals surface area contributed by atoms with Crippen molar-refractivity contribution in [3.8, 4) is 0 Å². The van der Waals surface area contributed by atoms with Crippen LogP contribution in [0.4, 0.5) is 0 Å². The monoisotopic (exact) mass is 257 g/mol. The molecule has 18 heavy (non-hydrogen) atoms. The van der Waals surface area contributed by atoms with E-state index in [0.717, 1.165) is 31.6 Å². The van der Waals surface area contributed by atoms with Crippen LogP contribution in [0.1, 0.15) is 51.4 Å². The van der Waals surface area contributed by atoms with Gasteiger partial charge in [0.15, 0.2) is 6.29 Å². The molecule has 0 aliphatic heterocycles. The van der Waals surface area contributed by atoms with Gasteiger partial charge in [0.25, 0.3) is 0 Å². The zero-order valence-electron chi connectivity index (χ0n) is 11.4. The average Bonchev–Trinajstić information content (AvgIpc) is 2.42. The molecule has 2 atom stereocenters. The Morgan fingerprint density at radius 2 is 2.11 bits per heavy atom. The Bertz CT molecular complexity index is 217. The molecular weight excluding hydrogens is 230 g/mol. The van der Waals surface area contributed by atoms with Crippen LogP contribution in [0, 0.1) is 11.8 Å². The third kappa shape index (κ3) is 5.83. The first-order valence-corrected chi connectivity index (χ1v) is 7.15. The second-order valence-corrected chi connectivity index (χ2v) is 5.34. The Kier molecular flexibility index (Phi) is 8.01. The van der Waals surface area contributed by atoms with Crippen molar-refractivity contribution < 1.29 is 14.6 Å². The number of amides is 1. The molecular formula is C14H27NO3. The van der Waals surface area contributed by atoms with Crippen molar-refractivity contribution in [3.63, 3.8) is 0 Å². The first kappa shape index (κ1) is 15.4. The molecule has 0 heterocycles. The summed E-state index contributed by atoms with van der Waals surface area (Å²) in [5.74, 6) is 0.944. The molecule has 0 aromatic rings. The summed E-state index contributed by atoms with van der Waals surface area (Å²) < 4.78 is 5.08. The van der Waals surface area contributed by atoms with E-state index in [-0.39, 0.29) is 5.92 Å². The molecule has 106 valence electrons. The van der Waals surface area contributed by atoms with Crippen LogP contribution in [0.25, 0.3) is 0 Å². The van der Waals surface area contributed by atoms with Crippen molar-refractivity contribution in [1.82, 2.24) is 5.32 Å². The molecule has 1 amide bonds. The van der Waals surface area contributed by atoms with Crippen LogP contribution in [0.15, 0.2) is 0 Å². The average molecular weight is 257 g/mol. The lowest BCUT2D eigenvalue weighted by molar-refractivity contribution is -0.120.